The van der Waals surface area contributed by atoms with Crippen molar-refractivity contribution in [3.8, 4) is 0 Å². The van der Waals surface area contributed by atoms with Gasteiger partial charge in [-0.3, -0.25) is 0 Å². The molecule has 0 fully saturated rings. The van der Waals surface area contributed by atoms with Crippen LogP contribution in [-0.4, -0.2) is 4.98 Å². The Morgan fingerprint density at radius 1 is 1.20 bits per heavy atom. The predicted molar refractivity (Wildman–Crippen MR) is 61.5 cm³/mol. The minimum Gasteiger partial charge on any atom is -0.482 e. The smallest absolute Gasteiger partial charge is 0 e. The van der Waals surface area contributed by atoms with E-state index in [1.807, 2.05) is 18.2 Å². The van der Waals surface area contributed by atoms with Crippen LogP contribution in [0.4, 0.5) is 5.82 Å². The van der Waals surface area contributed by atoms with Crippen LogP contribution in [0.1, 0.15) is 12.5 Å². The molecular weight excluding hydrogens is 261 g/mol. The molecule has 1 heterocycles. The molecule has 1 aromatic heterocycles. The molecule has 15 heavy (non-hydrogen) atoms. The van der Waals surface area contributed by atoms with Crippen LogP contribution in [0.3, 0.4) is 0 Å². The summed E-state index contributed by atoms with van der Waals surface area (Å²) in [6.45, 7) is 2.13. The normalized spacial score (nSPS) is 9.13. The molecule has 0 aliphatic heterocycles. The van der Waals surface area contributed by atoms with E-state index in [2.05, 4.69) is 18.0 Å². The van der Waals surface area contributed by atoms with Gasteiger partial charge < -0.3 is 18.1 Å². The molecule has 0 unspecified atom stereocenters. The number of pyridine rings is 1. The zero-order chi connectivity index (χ0) is 9.26. The summed E-state index contributed by atoms with van der Waals surface area (Å²) >= 11 is 0. The molecule has 0 atom stereocenters. The van der Waals surface area contributed by atoms with E-state index in [0.29, 0.717) is 5.82 Å². The van der Waals surface area contributed by atoms with Crippen molar-refractivity contribution in [2.24, 2.45) is 0 Å². The van der Waals surface area contributed by atoms with Crippen LogP contribution < -0.4 is 0 Å². The van der Waals surface area contributed by atoms with Crippen LogP contribution in [0.15, 0.2) is 30.3 Å². The zero-order valence-corrected chi connectivity index (χ0v) is 12.0. The van der Waals surface area contributed by atoms with Gasteiger partial charge >= 0.3 is 0 Å². The molecule has 1 radical (unpaired) electrons. The minimum atomic E-state index is 0. The topological polar surface area (TPSA) is 36.7 Å². The Kier molecular flexibility index (Phi) is 6.00. The SMILES string of the molecule is CCc1cccc2nc([NH-])ccc12.[CH3-].[Y]. The first-order valence-corrected chi connectivity index (χ1v) is 4.41. The maximum absolute atomic E-state index is 7.39. The maximum atomic E-state index is 7.39. The van der Waals surface area contributed by atoms with E-state index in [-0.39, 0.29) is 40.1 Å². The molecule has 0 aliphatic rings. The van der Waals surface area contributed by atoms with Crippen molar-refractivity contribution >= 4 is 16.7 Å². The molecule has 1 N–H and O–H groups in total. The maximum Gasteiger partial charge on any atom is 0 e. The van der Waals surface area contributed by atoms with E-state index in [1.165, 1.54) is 10.9 Å². The molecule has 2 aromatic rings. The van der Waals surface area contributed by atoms with Gasteiger partial charge in [0, 0.05) is 32.7 Å². The third-order valence-electron chi connectivity index (χ3n) is 2.20. The quantitative estimate of drug-likeness (QED) is 0.726. The summed E-state index contributed by atoms with van der Waals surface area (Å²) in [6, 6.07) is 9.76. The Labute approximate surface area is 116 Å². The fourth-order valence-electron chi connectivity index (χ4n) is 1.53. The summed E-state index contributed by atoms with van der Waals surface area (Å²) in [5, 5.41) is 1.17. The van der Waals surface area contributed by atoms with Crippen LogP contribution in [0.2, 0.25) is 0 Å². The summed E-state index contributed by atoms with van der Waals surface area (Å²) < 4.78 is 0. The number of nitrogens with one attached hydrogen (secondary N) is 1. The second-order valence-corrected chi connectivity index (χ2v) is 3.03. The molecule has 2 nitrogen and oxygen atoms in total. The summed E-state index contributed by atoms with van der Waals surface area (Å²) in [4.78, 5) is 4.15. The van der Waals surface area contributed by atoms with E-state index < -0.39 is 0 Å². The van der Waals surface area contributed by atoms with Crippen molar-refractivity contribution in [3.05, 3.63) is 49.1 Å². The summed E-state index contributed by atoms with van der Waals surface area (Å²) in [7, 11) is 0. The van der Waals surface area contributed by atoms with Crippen molar-refractivity contribution in [2.45, 2.75) is 13.3 Å². The van der Waals surface area contributed by atoms with Crippen molar-refractivity contribution in [1.82, 2.24) is 4.98 Å². The molecule has 0 aliphatic carbocycles. The number of aromatic nitrogens is 1. The second kappa shape index (κ2) is 6.19. The third-order valence-corrected chi connectivity index (χ3v) is 2.20. The van der Waals surface area contributed by atoms with E-state index in [0.717, 1.165) is 11.9 Å². The fourth-order valence-corrected chi connectivity index (χ4v) is 1.53. The molecule has 0 bridgehead atoms. The minimum absolute atomic E-state index is 0. The molecule has 0 spiro atoms. The monoisotopic (exact) mass is 275 g/mol. The third kappa shape index (κ3) is 2.99. The van der Waals surface area contributed by atoms with Crippen LogP contribution in [0.5, 0.6) is 0 Å². The Balaban J connectivity index is 0.000000980. The average Bonchev–Trinajstić information content (AvgIpc) is 2.16. The number of fused-ring (bicyclic) bond motifs is 1. The molecule has 3 heteroatoms. The number of aryl methyl sites for hydroxylation is 1. The summed E-state index contributed by atoms with van der Waals surface area (Å²) in [6.07, 6.45) is 1.01. The van der Waals surface area contributed by atoms with E-state index in [9.17, 15) is 0 Å². The largest absolute Gasteiger partial charge is 0.482 e. The predicted octanol–water partition coefficient (Wildman–Crippen LogP) is 3.93. The van der Waals surface area contributed by atoms with Crippen LogP contribution in [0, 0.1) is 7.43 Å². The first kappa shape index (κ1) is 14.5. The Morgan fingerprint density at radius 2 is 1.93 bits per heavy atom. The molecule has 0 amide bonds. The fraction of sp³-hybridized carbons (Fsp3) is 0.167. The number of nitrogens with zero attached hydrogens (tertiary/aromatic N) is 1. The Morgan fingerprint density at radius 3 is 2.60 bits per heavy atom. The van der Waals surface area contributed by atoms with Gasteiger partial charge in [0.2, 0.25) is 0 Å². The van der Waals surface area contributed by atoms with Gasteiger partial charge in [-0.2, -0.15) is 0 Å². The number of rotatable bonds is 1. The first-order chi connectivity index (χ1) is 6.31. The Bertz CT molecular complexity index is 441. The molecule has 77 valence electrons. The number of hydrogen-bond acceptors (Lipinski definition) is 1. The number of benzene rings is 1. The van der Waals surface area contributed by atoms with Crippen LogP contribution in [-0.2, 0) is 39.1 Å². The van der Waals surface area contributed by atoms with Crippen molar-refractivity contribution in [2.75, 3.05) is 0 Å². The zero-order valence-electron chi connectivity index (χ0n) is 9.12. The van der Waals surface area contributed by atoms with Crippen LogP contribution in [0.25, 0.3) is 16.6 Å². The van der Waals surface area contributed by atoms with E-state index in [4.69, 9.17) is 5.73 Å². The molecular formula is C12H14N2Y-2. The summed E-state index contributed by atoms with van der Waals surface area (Å²) in [5.74, 6) is 0.334. The van der Waals surface area contributed by atoms with Crippen molar-refractivity contribution < 1.29 is 32.7 Å². The molecule has 0 saturated carbocycles. The van der Waals surface area contributed by atoms with Gasteiger partial charge in [-0.15, -0.1) is 0 Å². The van der Waals surface area contributed by atoms with Crippen molar-refractivity contribution in [3.63, 3.8) is 0 Å². The standard InChI is InChI=1S/C11H11N2.CH3.Y/c1-2-8-4-3-5-10-9(8)6-7-11(12)13-10;;/h3-7H,2H2,1H3,(H-,12,13);1H3;/q2*-1;. The molecule has 2 rings (SSSR count). The number of hydrogen-bond donors (Lipinski definition) is 0. The first-order valence-electron chi connectivity index (χ1n) is 4.41. The Hall–Kier alpha value is -0.466. The van der Waals surface area contributed by atoms with Gasteiger partial charge in [0.25, 0.3) is 0 Å². The molecule has 0 saturated heterocycles. The van der Waals surface area contributed by atoms with E-state index in [1.54, 1.807) is 6.07 Å². The van der Waals surface area contributed by atoms with Gasteiger partial charge in [0.15, 0.2) is 0 Å². The van der Waals surface area contributed by atoms with E-state index >= 15 is 0 Å². The van der Waals surface area contributed by atoms with Gasteiger partial charge in [0.05, 0.1) is 0 Å². The van der Waals surface area contributed by atoms with Gasteiger partial charge in [-0.05, 0) is 22.9 Å². The van der Waals surface area contributed by atoms with Crippen molar-refractivity contribution in [1.29, 1.82) is 0 Å². The van der Waals surface area contributed by atoms with Gasteiger partial charge in [-0.1, -0.05) is 43.1 Å². The van der Waals surface area contributed by atoms with Gasteiger partial charge in [0.1, 0.15) is 0 Å². The average molecular weight is 275 g/mol. The van der Waals surface area contributed by atoms with Crippen LogP contribution >= 0.6 is 0 Å². The summed E-state index contributed by atoms with van der Waals surface area (Å²) in [5.41, 5.74) is 9.61. The second-order valence-electron chi connectivity index (χ2n) is 3.03. The van der Waals surface area contributed by atoms with Gasteiger partial charge in [-0.25, -0.2) is 0 Å². The molecule has 1 aromatic carbocycles.